The summed E-state index contributed by atoms with van der Waals surface area (Å²) >= 11 is 0. The minimum atomic E-state index is -0.279. The first-order valence-corrected chi connectivity index (χ1v) is 8.16. The van der Waals surface area contributed by atoms with Crippen LogP contribution in [0.1, 0.15) is 31.9 Å². The third kappa shape index (κ3) is 3.59. The summed E-state index contributed by atoms with van der Waals surface area (Å²) in [7, 11) is 5.09. The van der Waals surface area contributed by atoms with Gasteiger partial charge in [0, 0.05) is 39.3 Å². The Hall–Kier alpha value is -1.37. The number of nitrogens with zero attached hydrogens (tertiary/aromatic N) is 1. The smallest absolute Gasteiger partial charge is 0.257 e. The second kappa shape index (κ2) is 7.95. The summed E-state index contributed by atoms with van der Waals surface area (Å²) in [5.41, 5.74) is 0.638. The van der Waals surface area contributed by atoms with Crippen LogP contribution >= 0.6 is 0 Å². The van der Waals surface area contributed by atoms with E-state index in [9.17, 15) is 4.79 Å². The lowest BCUT2D eigenvalue weighted by molar-refractivity contribution is -0.0450. The van der Waals surface area contributed by atoms with Crippen LogP contribution in [-0.2, 0) is 21.3 Å². The Labute approximate surface area is 137 Å². The number of nitrogens with one attached hydrogen (secondary N) is 1. The summed E-state index contributed by atoms with van der Waals surface area (Å²) in [5.74, 6) is 0.908. The lowest BCUT2D eigenvalue weighted by atomic mass is 9.94. The van der Waals surface area contributed by atoms with Crippen molar-refractivity contribution in [2.75, 3.05) is 32.7 Å². The monoisotopic (exact) mass is 324 g/mol. The van der Waals surface area contributed by atoms with Gasteiger partial charge in [-0.25, -0.2) is 0 Å². The van der Waals surface area contributed by atoms with Gasteiger partial charge < -0.3 is 19.5 Å². The van der Waals surface area contributed by atoms with Gasteiger partial charge in [-0.1, -0.05) is 13.8 Å². The molecule has 2 rings (SSSR count). The van der Waals surface area contributed by atoms with Crippen molar-refractivity contribution in [2.24, 2.45) is 13.0 Å². The van der Waals surface area contributed by atoms with Crippen LogP contribution in [0.2, 0.25) is 0 Å². The van der Waals surface area contributed by atoms with E-state index < -0.39 is 0 Å². The lowest BCUT2D eigenvalue weighted by Crippen LogP contribution is -2.31. The first-order chi connectivity index (χ1) is 11.0. The number of hydrogen-bond donors (Lipinski definition) is 1. The van der Waals surface area contributed by atoms with Gasteiger partial charge in [0.1, 0.15) is 11.9 Å². The maximum Gasteiger partial charge on any atom is 0.257 e. The number of pyridine rings is 1. The molecule has 0 saturated carbocycles. The number of ether oxygens (including phenoxy) is 3. The Morgan fingerprint density at radius 2 is 2.09 bits per heavy atom. The quantitative estimate of drug-likeness (QED) is 0.830. The van der Waals surface area contributed by atoms with Crippen LogP contribution in [0.5, 0.6) is 0 Å². The molecule has 130 valence electrons. The van der Waals surface area contributed by atoms with E-state index in [4.69, 9.17) is 14.2 Å². The summed E-state index contributed by atoms with van der Waals surface area (Å²) in [6.45, 7) is 5.44. The minimum absolute atomic E-state index is 0.0316. The Morgan fingerprint density at radius 3 is 2.70 bits per heavy atom. The molecule has 23 heavy (non-hydrogen) atoms. The topological polar surface area (TPSA) is 61.7 Å². The fourth-order valence-corrected chi connectivity index (χ4v) is 3.22. The van der Waals surface area contributed by atoms with E-state index in [0.29, 0.717) is 12.2 Å². The Balaban J connectivity index is 2.28. The highest BCUT2D eigenvalue weighted by Crippen LogP contribution is 2.38. The molecule has 6 nitrogen and oxygen atoms in total. The maximum absolute atomic E-state index is 12.7. The summed E-state index contributed by atoms with van der Waals surface area (Å²) in [4.78, 5) is 12.7. The molecule has 6 heteroatoms. The normalized spacial score (nSPS) is 27.3. The molecular weight excluding hydrogens is 296 g/mol. The van der Waals surface area contributed by atoms with E-state index in [2.05, 4.69) is 19.2 Å². The number of methoxy groups -OCH3 is 2. The molecular formula is C17H28N2O4. The van der Waals surface area contributed by atoms with Gasteiger partial charge in [0.25, 0.3) is 5.56 Å². The van der Waals surface area contributed by atoms with Gasteiger partial charge in [-0.15, -0.1) is 0 Å². The fraction of sp³-hybridized carbons (Fsp3) is 0.706. The SMILES string of the molecule is CCCNc1ccc([C@@H]2O[C@H](COC)[C@H](OC)C2C)c(=O)n1C. The largest absolute Gasteiger partial charge is 0.382 e. The molecule has 2 heterocycles. The zero-order valence-corrected chi connectivity index (χ0v) is 14.7. The maximum atomic E-state index is 12.7. The summed E-state index contributed by atoms with van der Waals surface area (Å²) in [6.07, 6.45) is 0.488. The Kier molecular flexibility index (Phi) is 6.21. The van der Waals surface area contributed by atoms with Crippen molar-refractivity contribution in [2.45, 2.75) is 38.6 Å². The van der Waals surface area contributed by atoms with Crippen LogP contribution in [0.25, 0.3) is 0 Å². The number of hydrogen-bond acceptors (Lipinski definition) is 5. The first-order valence-electron chi connectivity index (χ1n) is 8.16. The van der Waals surface area contributed by atoms with E-state index >= 15 is 0 Å². The molecule has 0 aromatic carbocycles. The van der Waals surface area contributed by atoms with Gasteiger partial charge in [-0.2, -0.15) is 0 Å². The van der Waals surface area contributed by atoms with Gasteiger partial charge in [0.05, 0.1) is 18.8 Å². The van der Waals surface area contributed by atoms with Crippen LogP contribution in [0, 0.1) is 5.92 Å². The zero-order valence-electron chi connectivity index (χ0n) is 14.7. The number of aromatic nitrogens is 1. The van der Waals surface area contributed by atoms with Crippen LogP contribution in [0.3, 0.4) is 0 Å². The van der Waals surface area contributed by atoms with Crippen molar-refractivity contribution < 1.29 is 14.2 Å². The molecule has 1 fully saturated rings. The highest BCUT2D eigenvalue weighted by molar-refractivity contribution is 5.38. The van der Waals surface area contributed by atoms with Gasteiger partial charge in [0.15, 0.2) is 0 Å². The van der Waals surface area contributed by atoms with Gasteiger partial charge >= 0.3 is 0 Å². The van der Waals surface area contributed by atoms with Crippen LogP contribution in [0.15, 0.2) is 16.9 Å². The predicted molar refractivity (Wildman–Crippen MR) is 89.9 cm³/mol. The average Bonchev–Trinajstić information content (AvgIpc) is 2.85. The molecule has 0 aliphatic carbocycles. The Bertz CT molecular complexity index is 572. The number of rotatable bonds is 7. The molecule has 1 N–H and O–H groups in total. The fourth-order valence-electron chi connectivity index (χ4n) is 3.22. The highest BCUT2D eigenvalue weighted by atomic mass is 16.6. The molecule has 0 radical (unpaired) electrons. The summed E-state index contributed by atoms with van der Waals surface area (Å²) < 4.78 is 18.5. The predicted octanol–water partition coefficient (Wildman–Crippen LogP) is 1.94. The van der Waals surface area contributed by atoms with Gasteiger partial charge in [-0.05, 0) is 18.6 Å². The first kappa shape index (κ1) is 18.0. The molecule has 0 spiro atoms. The molecule has 0 amide bonds. The van der Waals surface area contributed by atoms with E-state index in [1.54, 1.807) is 25.8 Å². The molecule has 1 aromatic rings. The molecule has 1 aliphatic rings. The third-order valence-electron chi connectivity index (χ3n) is 4.48. The lowest BCUT2D eigenvalue weighted by Gasteiger charge is -2.19. The third-order valence-corrected chi connectivity index (χ3v) is 4.48. The van der Waals surface area contributed by atoms with Crippen molar-refractivity contribution in [3.63, 3.8) is 0 Å². The van der Waals surface area contributed by atoms with Crippen molar-refractivity contribution in [1.82, 2.24) is 4.57 Å². The van der Waals surface area contributed by atoms with Crippen molar-refractivity contribution >= 4 is 5.82 Å². The van der Waals surface area contributed by atoms with E-state index in [1.165, 1.54) is 0 Å². The molecule has 0 bridgehead atoms. The second-order valence-corrected chi connectivity index (χ2v) is 6.07. The van der Waals surface area contributed by atoms with Crippen molar-refractivity contribution in [1.29, 1.82) is 0 Å². The molecule has 1 saturated heterocycles. The van der Waals surface area contributed by atoms with Crippen LogP contribution in [-0.4, -0.2) is 44.1 Å². The summed E-state index contributed by atoms with van der Waals surface area (Å²) in [6, 6.07) is 3.80. The average molecular weight is 324 g/mol. The van der Waals surface area contributed by atoms with E-state index in [1.807, 2.05) is 12.1 Å². The van der Waals surface area contributed by atoms with E-state index in [-0.39, 0.29) is 29.8 Å². The zero-order chi connectivity index (χ0) is 17.0. The molecule has 1 aromatic heterocycles. The molecule has 1 aliphatic heterocycles. The summed E-state index contributed by atoms with van der Waals surface area (Å²) in [5, 5.41) is 3.26. The number of anilines is 1. The molecule has 1 unspecified atom stereocenters. The van der Waals surface area contributed by atoms with E-state index in [0.717, 1.165) is 18.8 Å². The standard InChI is InChI=1S/C17H28N2O4/c1-6-9-18-14-8-7-12(17(20)19(14)3)15-11(2)16(22-5)13(23-15)10-21-4/h7-8,11,13,15-16,18H,6,9-10H2,1-5H3/t11?,13-,15-,16-/m1/s1. The minimum Gasteiger partial charge on any atom is -0.382 e. The molecule has 4 atom stereocenters. The Morgan fingerprint density at radius 1 is 1.35 bits per heavy atom. The highest BCUT2D eigenvalue weighted by Gasteiger charge is 2.43. The van der Waals surface area contributed by atoms with Gasteiger partial charge in [-0.3, -0.25) is 9.36 Å². The second-order valence-electron chi connectivity index (χ2n) is 6.07. The van der Waals surface area contributed by atoms with Crippen molar-refractivity contribution in [3.8, 4) is 0 Å². The van der Waals surface area contributed by atoms with Crippen LogP contribution < -0.4 is 10.9 Å². The van der Waals surface area contributed by atoms with Gasteiger partial charge in [0.2, 0.25) is 0 Å². The van der Waals surface area contributed by atoms with Crippen molar-refractivity contribution in [3.05, 3.63) is 28.0 Å². The van der Waals surface area contributed by atoms with Crippen LogP contribution in [0.4, 0.5) is 5.82 Å².